The normalized spacial score (nSPS) is 13.1. The van der Waals surface area contributed by atoms with Crippen molar-refractivity contribution >= 4 is 11.9 Å². The predicted octanol–water partition coefficient (Wildman–Crippen LogP) is 5.02. The van der Waals surface area contributed by atoms with Crippen LogP contribution in [0.5, 0.6) is 0 Å². The molecule has 0 aliphatic rings. The number of aliphatic carboxylic acids is 2. The molecule has 0 spiro atoms. The predicted molar refractivity (Wildman–Crippen MR) is 106 cm³/mol. The first-order chi connectivity index (χ1) is 12.9. The minimum Gasteiger partial charge on any atom is -0.481 e. The first kappa shape index (κ1) is 20.7. The van der Waals surface area contributed by atoms with Gasteiger partial charge in [0.25, 0.3) is 0 Å². The van der Waals surface area contributed by atoms with Crippen LogP contribution in [-0.2, 0) is 22.4 Å². The molecule has 2 unspecified atom stereocenters. The lowest BCUT2D eigenvalue weighted by Gasteiger charge is -2.09. The van der Waals surface area contributed by atoms with Gasteiger partial charge in [0.1, 0.15) is 0 Å². The first-order valence-electron chi connectivity index (χ1n) is 9.51. The van der Waals surface area contributed by atoms with Crippen molar-refractivity contribution in [2.24, 2.45) is 0 Å². The Balaban J connectivity index is 1.71. The molecule has 0 aliphatic heterocycles. The summed E-state index contributed by atoms with van der Waals surface area (Å²) in [5, 5.41) is 18.1. The average Bonchev–Trinajstić information content (AvgIpc) is 2.67. The first-order valence-corrected chi connectivity index (χ1v) is 9.51. The molecule has 0 aromatic heterocycles. The molecule has 0 fully saturated rings. The topological polar surface area (TPSA) is 74.6 Å². The third kappa shape index (κ3) is 6.24. The third-order valence-electron chi connectivity index (χ3n) is 5.13. The van der Waals surface area contributed by atoms with Crippen molar-refractivity contribution in [2.45, 2.75) is 57.8 Å². The fourth-order valence-electron chi connectivity index (χ4n) is 3.07. The van der Waals surface area contributed by atoms with Crippen LogP contribution in [0.4, 0.5) is 0 Å². The van der Waals surface area contributed by atoms with E-state index in [2.05, 4.69) is 0 Å². The number of hydrogen-bond donors (Lipinski definition) is 2. The molecule has 2 aromatic carbocycles. The van der Waals surface area contributed by atoms with Crippen LogP contribution in [0.2, 0.25) is 0 Å². The highest BCUT2D eigenvalue weighted by Crippen LogP contribution is 2.19. The van der Waals surface area contributed by atoms with Crippen LogP contribution in [0.3, 0.4) is 0 Å². The molecule has 4 heteroatoms. The zero-order valence-electron chi connectivity index (χ0n) is 16.0. The van der Waals surface area contributed by atoms with E-state index in [9.17, 15) is 9.59 Å². The molecular weight excluding hydrogens is 340 g/mol. The van der Waals surface area contributed by atoms with Crippen molar-refractivity contribution in [3.8, 4) is 0 Å². The van der Waals surface area contributed by atoms with Gasteiger partial charge >= 0.3 is 11.9 Å². The quantitative estimate of drug-likeness (QED) is 0.578. The Kier molecular flexibility index (Phi) is 7.59. The zero-order chi connectivity index (χ0) is 19.8. The van der Waals surface area contributed by atoms with Gasteiger partial charge in [-0.3, -0.25) is 9.59 Å². The molecule has 0 radical (unpaired) electrons. The van der Waals surface area contributed by atoms with Gasteiger partial charge in [-0.05, 0) is 61.8 Å². The van der Waals surface area contributed by atoms with Crippen molar-refractivity contribution in [1.82, 2.24) is 0 Å². The lowest BCUT2D eigenvalue weighted by Crippen LogP contribution is -2.07. The molecule has 2 aromatic rings. The molecule has 0 heterocycles. The summed E-state index contributed by atoms with van der Waals surface area (Å²) in [6.45, 7) is 3.40. The van der Waals surface area contributed by atoms with E-state index in [0.717, 1.165) is 43.2 Å². The highest BCUT2D eigenvalue weighted by Gasteiger charge is 2.13. The number of unbranched alkanes of at least 4 members (excludes halogenated alkanes) is 2. The molecule has 0 saturated carbocycles. The van der Waals surface area contributed by atoms with Crippen LogP contribution in [0.25, 0.3) is 0 Å². The standard InChI is InChI=1S/C23H28O4/c1-16(22(24)25)20-12-8-18(9-13-20)6-4-3-5-7-19-10-14-21(15-11-19)17(2)23(26)27/h8-17H,3-7H2,1-2H3,(H,24,25)(H,26,27). The zero-order valence-corrected chi connectivity index (χ0v) is 16.0. The van der Waals surface area contributed by atoms with E-state index in [1.165, 1.54) is 11.1 Å². The summed E-state index contributed by atoms with van der Waals surface area (Å²) < 4.78 is 0. The Morgan fingerprint density at radius 2 is 1.00 bits per heavy atom. The Morgan fingerprint density at radius 1 is 0.667 bits per heavy atom. The lowest BCUT2D eigenvalue weighted by molar-refractivity contribution is -0.139. The molecule has 2 atom stereocenters. The van der Waals surface area contributed by atoms with Gasteiger partial charge in [-0.25, -0.2) is 0 Å². The highest BCUT2D eigenvalue weighted by molar-refractivity contribution is 5.75. The second-order valence-corrected chi connectivity index (χ2v) is 7.16. The summed E-state index contributed by atoms with van der Waals surface area (Å²) in [6, 6.07) is 15.7. The lowest BCUT2D eigenvalue weighted by atomic mass is 9.97. The molecule has 0 bridgehead atoms. The van der Waals surface area contributed by atoms with Gasteiger partial charge in [0.2, 0.25) is 0 Å². The van der Waals surface area contributed by atoms with Crippen LogP contribution in [0.1, 0.15) is 67.2 Å². The van der Waals surface area contributed by atoms with E-state index in [-0.39, 0.29) is 0 Å². The highest BCUT2D eigenvalue weighted by atomic mass is 16.4. The average molecular weight is 368 g/mol. The fourth-order valence-corrected chi connectivity index (χ4v) is 3.07. The van der Waals surface area contributed by atoms with Crippen molar-refractivity contribution in [3.63, 3.8) is 0 Å². The molecule has 2 rings (SSSR count). The number of rotatable bonds is 10. The maximum Gasteiger partial charge on any atom is 0.310 e. The van der Waals surface area contributed by atoms with Crippen molar-refractivity contribution < 1.29 is 19.8 Å². The van der Waals surface area contributed by atoms with Gasteiger partial charge < -0.3 is 10.2 Å². The number of aryl methyl sites for hydroxylation is 2. The second-order valence-electron chi connectivity index (χ2n) is 7.16. The van der Waals surface area contributed by atoms with Gasteiger partial charge in [-0.2, -0.15) is 0 Å². The Hall–Kier alpha value is -2.62. The maximum absolute atomic E-state index is 11.0. The monoisotopic (exact) mass is 368 g/mol. The molecule has 27 heavy (non-hydrogen) atoms. The molecule has 4 nitrogen and oxygen atoms in total. The summed E-state index contributed by atoms with van der Waals surface area (Å²) in [5.74, 6) is -2.53. The van der Waals surface area contributed by atoms with Crippen molar-refractivity contribution in [1.29, 1.82) is 0 Å². The van der Waals surface area contributed by atoms with Gasteiger partial charge in [0, 0.05) is 0 Å². The Labute approximate surface area is 160 Å². The van der Waals surface area contributed by atoms with Crippen molar-refractivity contribution in [3.05, 3.63) is 70.8 Å². The van der Waals surface area contributed by atoms with E-state index in [0.29, 0.717) is 0 Å². The number of carbonyl (C=O) groups is 2. The second kappa shape index (κ2) is 9.91. The Bertz CT molecular complexity index is 681. The third-order valence-corrected chi connectivity index (χ3v) is 5.13. The van der Waals surface area contributed by atoms with Gasteiger partial charge in [0.05, 0.1) is 11.8 Å². The van der Waals surface area contributed by atoms with Crippen molar-refractivity contribution in [2.75, 3.05) is 0 Å². The van der Waals surface area contributed by atoms with Gasteiger partial charge in [0.15, 0.2) is 0 Å². The van der Waals surface area contributed by atoms with Crippen LogP contribution in [0.15, 0.2) is 48.5 Å². The summed E-state index contributed by atoms with van der Waals surface area (Å²) >= 11 is 0. The molecule has 2 N–H and O–H groups in total. The number of carboxylic acids is 2. The van der Waals surface area contributed by atoms with E-state index >= 15 is 0 Å². The Morgan fingerprint density at radius 3 is 1.30 bits per heavy atom. The molecule has 0 saturated heterocycles. The number of benzene rings is 2. The largest absolute Gasteiger partial charge is 0.481 e. The van der Waals surface area contributed by atoms with Gasteiger partial charge in [-0.15, -0.1) is 0 Å². The molecule has 0 aliphatic carbocycles. The molecule has 144 valence electrons. The van der Waals surface area contributed by atoms with Crippen LogP contribution < -0.4 is 0 Å². The van der Waals surface area contributed by atoms with Gasteiger partial charge in [-0.1, -0.05) is 55.0 Å². The summed E-state index contributed by atoms with van der Waals surface area (Å²) in [4.78, 5) is 22.0. The fraction of sp³-hybridized carbons (Fsp3) is 0.391. The number of hydrogen-bond acceptors (Lipinski definition) is 2. The van der Waals surface area contributed by atoms with E-state index < -0.39 is 23.8 Å². The van der Waals surface area contributed by atoms with Crippen LogP contribution >= 0.6 is 0 Å². The summed E-state index contributed by atoms with van der Waals surface area (Å²) in [6.07, 6.45) is 5.32. The maximum atomic E-state index is 11.0. The molecule has 0 amide bonds. The SMILES string of the molecule is CC(C(=O)O)c1ccc(CCCCCc2ccc(C(C)C(=O)O)cc2)cc1. The van der Waals surface area contributed by atoms with Crippen LogP contribution in [0, 0.1) is 0 Å². The minimum atomic E-state index is -0.798. The minimum absolute atomic E-state index is 0.469. The molecular formula is C23H28O4. The van der Waals surface area contributed by atoms with E-state index in [4.69, 9.17) is 10.2 Å². The van der Waals surface area contributed by atoms with E-state index in [1.54, 1.807) is 13.8 Å². The van der Waals surface area contributed by atoms with E-state index in [1.807, 2.05) is 48.5 Å². The smallest absolute Gasteiger partial charge is 0.310 e. The van der Waals surface area contributed by atoms with Crippen LogP contribution in [-0.4, -0.2) is 22.2 Å². The summed E-state index contributed by atoms with van der Waals surface area (Å²) in [5.41, 5.74) is 4.16. The number of carboxylic acid groups (broad SMARTS) is 2. The summed E-state index contributed by atoms with van der Waals surface area (Å²) in [7, 11) is 0.